The third-order valence-electron chi connectivity index (χ3n) is 3.70. The van der Waals surface area contributed by atoms with Gasteiger partial charge < -0.3 is 9.67 Å². The quantitative estimate of drug-likeness (QED) is 0.912. The van der Waals surface area contributed by atoms with Crippen LogP contribution in [-0.4, -0.2) is 26.5 Å². The van der Waals surface area contributed by atoms with Crippen molar-refractivity contribution in [2.75, 3.05) is 6.61 Å². The van der Waals surface area contributed by atoms with Crippen LogP contribution in [0.5, 0.6) is 0 Å². The molecule has 2 aromatic rings. The minimum atomic E-state index is -0.205. The fraction of sp³-hybridized carbons (Fsp3) is 0.429. The van der Waals surface area contributed by atoms with E-state index in [4.69, 9.17) is 0 Å². The van der Waals surface area contributed by atoms with Gasteiger partial charge >= 0.3 is 0 Å². The lowest BCUT2D eigenvalue weighted by atomic mass is 9.99. The van der Waals surface area contributed by atoms with E-state index in [1.54, 1.807) is 12.1 Å². The number of hydrogen-bond donors (Lipinski definition) is 1. The molecular weight excluding hydrogens is 245 g/mol. The summed E-state index contributed by atoms with van der Waals surface area (Å²) in [5.74, 6) is 1.77. The zero-order chi connectivity index (χ0) is 13.2. The normalized spacial score (nSPS) is 18.3. The first-order valence-corrected chi connectivity index (χ1v) is 6.53. The standard InChI is InChI=1S/C14H16FN3O/c15-12-4-2-1-3-11(12)8-14-17-16-13-7-10(9-19)5-6-18(13)14/h1-4,10,19H,5-9H2. The molecule has 1 unspecified atom stereocenters. The molecule has 0 fully saturated rings. The summed E-state index contributed by atoms with van der Waals surface area (Å²) >= 11 is 0. The van der Waals surface area contributed by atoms with Crippen molar-refractivity contribution in [2.45, 2.75) is 25.8 Å². The Hall–Kier alpha value is -1.75. The van der Waals surface area contributed by atoms with E-state index in [9.17, 15) is 9.50 Å². The topological polar surface area (TPSA) is 50.9 Å². The van der Waals surface area contributed by atoms with Crippen LogP contribution in [0.25, 0.3) is 0 Å². The van der Waals surface area contributed by atoms with Crippen molar-refractivity contribution in [1.82, 2.24) is 14.8 Å². The van der Waals surface area contributed by atoms with Gasteiger partial charge in [0.05, 0.1) is 0 Å². The SMILES string of the molecule is OCC1CCn2c(Cc3ccccc3F)nnc2C1. The second-order valence-corrected chi connectivity index (χ2v) is 4.99. The van der Waals surface area contributed by atoms with E-state index in [0.717, 1.165) is 31.0 Å². The fourth-order valence-electron chi connectivity index (χ4n) is 2.55. The third-order valence-corrected chi connectivity index (χ3v) is 3.70. The number of benzene rings is 1. The predicted molar refractivity (Wildman–Crippen MR) is 68.1 cm³/mol. The molecule has 0 aliphatic carbocycles. The van der Waals surface area contributed by atoms with E-state index >= 15 is 0 Å². The summed E-state index contributed by atoms with van der Waals surface area (Å²) in [6.07, 6.45) is 2.13. The van der Waals surface area contributed by atoms with E-state index < -0.39 is 0 Å². The molecule has 0 spiro atoms. The van der Waals surface area contributed by atoms with Gasteiger partial charge in [0.1, 0.15) is 17.5 Å². The molecule has 4 nitrogen and oxygen atoms in total. The Balaban J connectivity index is 1.84. The fourth-order valence-corrected chi connectivity index (χ4v) is 2.55. The third kappa shape index (κ3) is 2.38. The van der Waals surface area contributed by atoms with Crippen molar-refractivity contribution < 1.29 is 9.50 Å². The predicted octanol–water partition coefficient (Wildman–Crippen LogP) is 1.56. The van der Waals surface area contributed by atoms with Crippen LogP contribution >= 0.6 is 0 Å². The molecule has 1 aromatic heterocycles. The van der Waals surface area contributed by atoms with Crippen LogP contribution in [-0.2, 0) is 19.4 Å². The number of nitrogens with zero attached hydrogens (tertiary/aromatic N) is 3. The maximum absolute atomic E-state index is 13.6. The molecule has 3 rings (SSSR count). The Morgan fingerprint density at radius 3 is 2.95 bits per heavy atom. The zero-order valence-corrected chi connectivity index (χ0v) is 10.6. The summed E-state index contributed by atoms with van der Waals surface area (Å²) in [5.41, 5.74) is 0.641. The van der Waals surface area contributed by atoms with Gasteiger partial charge in [0.2, 0.25) is 0 Å². The molecule has 0 saturated heterocycles. The zero-order valence-electron chi connectivity index (χ0n) is 10.6. The van der Waals surface area contributed by atoms with Crippen LogP contribution in [0.3, 0.4) is 0 Å². The van der Waals surface area contributed by atoms with E-state index in [2.05, 4.69) is 14.8 Å². The van der Waals surface area contributed by atoms with Gasteiger partial charge in [-0.25, -0.2) is 4.39 Å². The van der Waals surface area contributed by atoms with Crippen LogP contribution in [0.1, 0.15) is 23.6 Å². The number of fused-ring (bicyclic) bond motifs is 1. The molecule has 1 atom stereocenters. The van der Waals surface area contributed by atoms with Gasteiger partial charge in [0.25, 0.3) is 0 Å². The summed E-state index contributed by atoms with van der Waals surface area (Å²) in [6, 6.07) is 6.75. The Bertz CT molecular complexity index is 582. The molecule has 5 heteroatoms. The maximum atomic E-state index is 13.6. The molecule has 2 heterocycles. The number of rotatable bonds is 3. The van der Waals surface area contributed by atoms with Crippen LogP contribution in [0.4, 0.5) is 4.39 Å². The Kier molecular flexibility index (Phi) is 3.29. The molecule has 1 aliphatic rings. The molecule has 1 aliphatic heterocycles. The lowest BCUT2D eigenvalue weighted by Crippen LogP contribution is -2.23. The first-order valence-electron chi connectivity index (χ1n) is 6.53. The van der Waals surface area contributed by atoms with Gasteiger partial charge in [0, 0.05) is 26.0 Å². The van der Waals surface area contributed by atoms with Gasteiger partial charge in [-0.2, -0.15) is 0 Å². The molecule has 1 aromatic carbocycles. The average Bonchev–Trinajstić information content (AvgIpc) is 2.83. The van der Waals surface area contributed by atoms with Crippen LogP contribution < -0.4 is 0 Å². The van der Waals surface area contributed by atoms with Crippen LogP contribution in [0, 0.1) is 11.7 Å². The van der Waals surface area contributed by atoms with Gasteiger partial charge in [-0.1, -0.05) is 18.2 Å². The maximum Gasteiger partial charge on any atom is 0.137 e. The first-order chi connectivity index (χ1) is 9.28. The van der Waals surface area contributed by atoms with Crippen molar-refractivity contribution in [1.29, 1.82) is 0 Å². The van der Waals surface area contributed by atoms with Gasteiger partial charge in [-0.3, -0.25) is 0 Å². The molecule has 100 valence electrons. The molecular formula is C14H16FN3O. The Morgan fingerprint density at radius 2 is 2.16 bits per heavy atom. The highest BCUT2D eigenvalue weighted by Crippen LogP contribution is 2.21. The van der Waals surface area contributed by atoms with Crippen LogP contribution in [0.15, 0.2) is 24.3 Å². The Labute approximate surface area is 110 Å². The summed E-state index contributed by atoms with van der Waals surface area (Å²) < 4.78 is 15.7. The number of halogens is 1. The highest BCUT2D eigenvalue weighted by atomic mass is 19.1. The summed E-state index contributed by atoms with van der Waals surface area (Å²) in [5, 5.41) is 17.5. The van der Waals surface area contributed by atoms with Gasteiger partial charge in [-0.05, 0) is 24.0 Å². The second-order valence-electron chi connectivity index (χ2n) is 4.99. The van der Waals surface area contributed by atoms with E-state index in [1.807, 2.05) is 6.07 Å². The molecule has 19 heavy (non-hydrogen) atoms. The highest BCUT2D eigenvalue weighted by molar-refractivity contribution is 5.21. The van der Waals surface area contributed by atoms with Gasteiger partial charge in [0.15, 0.2) is 0 Å². The lowest BCUT2D eigenvalue weighted by Gasteiger charge is -2.21. The van der Waals surface area contributed by atoms with Crippen molar-refractivity contribution >= 4 is 0 Å². The Morgan fingerprint density at radius 1 is 1.32 bits per heavy atom. The van der Waals surface area contributed by atoms with Crippen LogP contribution in [0.2, 0.25) is 0 Å². The number of aliphatic hydroxyl groups excluding tert-OH is 1. The summed E-state index contributed by atoms with van der Waals surface area (Å²) in [7, 11) is 0. The second kappa shape index (κ2) is 5.09. The molecule has 0 bridgehead atoms. The number of aliphatic hydroxyl groups is 1. The molecule has 0 saturated carbocycles. The number of hydrogen-bond acceptors (Lipinski definition) is 3. The van der Waals surface area contributed by atoms with Crippen molar-refractivity contribution in [3.63, 3.8) is 0 Å². The van der Waals surface area contributed by atoms with Crippen molar-refractivity contribution in [3.8, 4) is 0 Å². The summed E-state index contributed by atoms with van der Waals surface area (Å²) in [6.45, 7) is 0.993. The summed E-state index contributed by atoms with van der Waals surface area (Å²) in [4.78, 5) is 0. The molecule has 0 amide bonds. The minimum Gasteiger partial charge on any atom is -0.396 e. The average molecular weight is 261 g/mol. The van der Waals surface area contributed by atoms with Crippen molar-refractivity contribution in [2.24, 2.45) is 5.92 Å². The minimum absolute atomic E-state index is 0.190. The largest absolute Gasteiger partial charge is 0.396 e. The van der Waals surface area contributed by atoms with E-state index in [0.29, 0.717) is 12.0 Å². The smallest absolute Gasteiger partial charge is 0.137 e. The number of aromatic nitrogens is 3. The van der Waals surface area contributed by atoms with E-state index in [-0.39, 0.29) is 18.3 Å². The van der Waals surface area contributed by atoms with E-state index in [1.165, 1.54) is 6.07 Å². The van der Waals surface area contributed by atoms with Crippen molar-refractivity contribution in [3.05, 3.63) is 47.3 Å². The highest BCUT2D eigenvalue weighted by Gasteiger charge is 2.22. The monoisotopic (exact) mass is 261 g/mol. The lowest BCUT2D eigenvalue weighted by molar-refractivity contribution is 0.198. The van der Waals surface area contributed by atoms with Gasteiger partial charge in [-0.15, -0.1) is 10.2 Å². The first kappa shape index (κ1) is 12.3. The molecule has 1 N–H and O–H groups in total. The molecule has 0 radical (unpaired) electrons.